The Hall–Kier alpha value is -3.51. The zero-order valence-corrected chi connectivity index (χ0v) is 21.9. The summed E-state index contributed by atoms with van der Waals surface area (Å²) < 4.78 is 0. The van der Waals surface area contributed by atoms with Crippen LogP contribution in [-0.2, 0) is 13.1 Å². The molecule has 6 nitrogen and oxygen atoms in total. The predicted molar refractivity (Wildman–Crippen MR) is 147 cm³/mol. The van der Waals surface area contributed by atoms with Crippen LogP contribution in [0.25, 0.3) is 0 Å². The normalized spacial score (nSPS) is 15.5. The summed E-state index contributed by atoms with van der Waals surface area (Å²) >= 11 is 0. The van der Waals surface area contributed by atoms with E-state index in [4.69, 9.17) is 0 Å². The number of carboxylic acid groups (broad SMARTS) is 1. The second kappa shape index (κ2) is 12.6. The highest BCUT2D eigenvalue weighted by Crippen LogP contribution is 2.28. The van der Waals surface area contributed by atoms with E-state index < -0.39 is 5.97 Å². The number of amides is 1. The Kier molecular flexibility index (Phi) is 9.07. The second-order valence-corrected chi connectivity index (χ2v) is 10.2. The lowest BCUT2D eigenvalue weighted by molar-refractivity contribution is 0.0696. The summed E-state index contributed by atoms with van der Waals surface area (Å²) in [4.78, 5) is 33.7. The first-order chi connectivity index (χ1) is 17.9. The lowest BCUT2D eigenvalue weighted by Crippen LogP contribution is -2.34. The van der Waals surface area contributed by atoms with Gasteiger partial charge in [0.05, 0.1) is 5.56 Å². The number of benzene rings is 2. The van der Waals surface area contributed by atoms with Crippen molar-refractivity contribution in [2.24, 2.45) is 0 Å². The number of aromatic carboxylic acids is 1. The minimum absolute atomic E-state index is 0.0837. The smallest absolute Gasteiger partial charge is 0.335 e. The highest BCUT2D eigenvalue weighted by molar-refractivity contribution is 6.06. The topological polar surface area (TPSA) is 73.7 Å². The molecule has 0 bridgehead atoms. The van der Waals surface area contributed by atoms with E-state index in [1.165, 1.54) is 11.1 Å². The molecule has 1 aliphatic heterocycles. The van der Waals surface area contributed by atoms with Gasteiger partial charge in [-0.3, -0.25) is 14.7 Å². The fourth-order valence-electron chi connectivity index (χ4n) is 4.95. The van der Waals surface area contributed by atoms with Crippen molar-refractivity contribution in [3.63, 3.8) is 0 Å². The number of rotatable bonds is 5. The number of hydrogen-bond donors (Lipinski definition) is 1. The molecule has 1 aromatic heterocycles. The minimum Gasteiger partial charge on any atom is -0.478 e. The molecule has 0 aliphatic carbocycles. The van der Waals surface area contributed by atoms with Gasteiger partial charge < -0.3 is 10.0 Å². The summed E-state index contributed by atoms with van der Waals surface area (Å²) in [5, 5.41) is 9.72. The number of pyridine rings is 1. The van der Waals surface area contributed by atoms with Crippen LogP contribution in [0, 0.1) is 0 Å². The fraction of sp³-hybridized carbons (Fsp3) is 0.387. The molecule has 194 valence electrons. The lowest BCUT2D eigenvalue weighted by Gasteiger charge is -2.30. The quantitative estimate of drug-likeness (QED) is 0.433. The largest absolute Gasteiger partial charge is 0.478 e. The van der Waals surface area contributed by atoms with Crippen molar-refractivity contribution in [1.29, 1.82) is 0 Å². The minimum atomic E-state index is -0.961. The Labute approximate surface area is 220 Å². The van der Waals surface area contributed by atoms with Crippen LogP contribution >= 0.6 is 0 Å². The van der Waals surface area contributed by atoms with E-state index in [1.54, 1.807) is 42.7 Å². The molecule has 3 aromatic rings. The van der Waals surface area contributed by atoms with Crippen LogP contribution in [0.15, 0.2) is 67.0 Å². The number of anilines is 1. The van der Waals surface area contributed by atoms with Crippen molar-refractivity contribution in [2.75, 3.05) is 18.0 Å². The Bertz CT molecular complexity index is 1190. The average molecular weight is 500 g/mol. The van der Waals surface area contributed by atoms with E-state index in [-0.39, 0.29) is 11.5 Å². The molecule has 1 amide bonds. The van der Waals surface area contributed by atoms with Gasteiger partial charge >= 0.3 is 5.97 Å². The second-order valence-electron chi connectivity index (χ2n) is 10.2. The summed E-state index contributed by atoms with van der Waals surface area (Å²) in [7, 11) is 0. The first-order valence-electron chi connectivity index (χ1n) is 13.3. The van der Waals surface area contributed by atoms with Crippen LogP contribution < -0.4 is 4.90 Å². The monoisotopic (exact) mass is 499 g/mol. The maximum atomic E-state index is 13.6. The first-order valence-corrected chi connectivity index (χ1v) is 13.3. The standard InChI is InChI=1S/C31H37N3O3/c1-23(2)25-10-8-24(9-11-25)21-33-18-6-4-3-5-7-19-34(30(35)26-14-16-32-17-15-26)29-13-12-27(31(36)37)20-28(29)22-33/h8-17,20,23H,3-7,18-19,21-22H2,1-2H3,(H,36,37). The molecule has 0 saturated carbocycles. The SMILES string of the molecule is CC(C)c1ccc(CN2CCCCCCCN(C(=O)c3ccncc3)c3ccc(C(=O)O)cc3C2)cc1. The van der Waals surface area contributed by atoms with Crippen LogP contribution in [0.3, 0.4) is 0 Å². The molecule has 0 spiro atoms. The maximum Gasteiger partial charge on any atom is 0.335 e. The highest BCUT2D eigenvalue weighted by Gasteiger charge is 2.23. The Morgan fingerprint density at radius 2 is 1.54 bits per heavy atom. The van der Waals surface area contributed by atoms with Crippen molar-refractivity contribution in [3.05, 3.63) is 94.8 Å². The number of carboxylic acids is 1. The van der Waals surface area contributed by atoms with Gasteiger partial charge in [0.15, 0.2) is 0 Å². The molecule has 0 fully saturated rings. The molecule has 6 heteroatoms. The number of hydrogen-bond acceptors (Lipinski definition) is 4. The molecular weight excluding hydrogens is 462 g/mol. The maximum absolute atomic E-state index is 13.6. The fourth-order valence-corrected chi connectivity index (χ4v) is 4.95. The number of nitrogens with zero attached hydrogens (tertiary/aromatic N) is 3. The Morgan fingerprint density at radius 1 is 0.865 bits per heavy atom. The molecule has 1 aliphatic rings. The van der Waals surface area contributed by atoms with Crippen molar-refractivity contribution >= 4 is 17.6 Å². The summed E-state index contributed by atoms with van der Waals surface area (Å²) in [5.74, 6) is -0.558. The van der Waals surface area contributed by atoms with Crippen LogP contribution in [0.4, 0.5) is 5.69 Å². The molecule has 37 heavy (non-hydrogen) atoms. The molecule has 0 atom stereocenters. The molecule has 0 unspecified atom stereocenters. The summed E-state index contributed by atoms with van der Waals surface area (Å²) in [6.07, 6.45) is 8.59. The van der Waals surface area contributed by atoms with Crippen LogP contribution in [0.1, 0.15) is 89.3 Å². The highest BCUT2D eigenvalue weighted by atomic mass is 16.4. The summed E-state index contributed by atoms with van der Waals surface area (Å²) in [6.45, 7) is 7.25. The van der Waals surface area contributed by atoms with Gasteiger partial charge in [0, 0.05) is 43.3 Å². The zero-order chi connectivity index (χ0) is 26.2. The number of carbonyl (C=O) groups excluding carboxylic acids is 1. The van der Waals surface area contributed by atoms with Crippen LogP contribution in [0.2, 0.25) is 0 Å². The van der Waals surface area contributed by atoms with E-state index in [0.29, 0.717) is 24.6 Å². The van der Waals surface area contributed by atoms with Gasteiger partial charge in [-0.2, -0.15) is 0 Å². The number of fused-ring (bicyclic) bond motifs is 1. The third-order valence-corrected chi connectivity index (χ3v) is 7.09. The first kappa shape index (κ1) is 26.6. The summed E-state index contributed by atoms with van der Waals surface area (Å²) in [5.41, 5.74) is 5.02. The zero-order valence-electron chi connectivity index (χ0n) is 21.9. The van der Waals surface area contributed by atoms with E-state index in [0.717, 1.165) is 56.4 Å². The van der Waals surface area contributed by atoms with Crippen molar-refractivity contribution in [3.8, 4) is 0 Å². The van der Waals surface area contributed by atoms with E-state index in [1.807, 2.05) is 4.90 Å². The summed E-state index contributed by atoms with van der Waals surface area (Å²) in [6, 6.07) is 17.4. The average Bonchev–Trinajstić information content (AvgIpc) is 2.90. The number of aromatic nitrogens is 1. The molecular formula is C31H37N3O3. The third kappa shape index (κ3) is 7.04. The Morgan fingerprint density at radius 3 is 2.22 bits per heavy atom. The lowest BCUT2D eigenvalue weighted by atomic mass is 10.0. The van der Waals surface area contributed by atoms with Gasteiger partial charge in [-0.1, -0.05) is 57.4 Å². The van der Waals surface area contributed by atoms with Gasteiger partial charge in [-0.15, -0.1) is 0 Å². The van der Waals surface area contributed by atoms with Crippen molar-refractivity contribution < 1.29 is 14.7 Å². The third-order valence-electron chi connectivity index (χ3n) is 7.09. The molecule has 1 N–H and O–H groups in total. The number of carbonyl (C=O) groups is 2. The van der Waals surface area contributed by atoms with Gasteiger partial charge in [0.25, 0.3) is 5.91 Å². The predicted octanol–water partition coefficient (Wildman–Crippen LogP) is 6.52. The molecule has 0 saturated heterocycles. The van der Waals surface area contributed by atoms with E-state index in [9.17, 15) is 14.7 Å². The van der Waals surface area contributed by atoms with Crippen LogP contribution in [0.5, 0.6) is 0 Å². The molecule has 2 aromatic carbocycles. The van der Waals surface area contributed by atoms with Crippen molar-refractivity contribution in [1.82, 2.24) is 9.88 Å². The van der Waals surface area contributed by atoms with Crippen molar-refractivity contribution in [2.45, 2.75) is 65.0 Å². The molecule has 0 radical (unpaired) electrons. The van der Waals surface area contributed by atoms with Gasteiger partial charge in [-0.05, 0) is 72.3 Å². The Balaban J connectivity index is 1.70. The molecule has 4 rings (SSSR count). The van der Waals surface area contributed by atoms with Crippen LogP contribution in [-0.4, -0.2) is 40.0 Å². The van der Waals surface area contributed by atoms with E-state index >= 15 is 0 Å². The van der Waals surface area contributed by atoms with Gasteiger partial charge in [0.1, 0.15) is 0 Å². The van der Waals surface area contributed by atoms with E-state index in [2.05, 4.69) is 48.0 Å². The van der Waals surface area contributed by atoms with Gasteiger partial charge in [-0.25, -0.2) is 4.79 Å². The van der Waals surface area contributed by atoms with Gasteiger partial charge in [0.2, 0.25) is 0 Å². The molecule has 2 heterocycles.